The van der Waals surface area contributed by atoms with E-state index in [1.54, 1.807) is 0 Å². The van der Waals surface area contributed by atoms with Crippen LogP contribution in [0.15, 0.2) is 4.52 Å². The minimum atomic E-state index is 0.139. The molecule has 0 unspecified atom stereocenters. The topological polar surface area (TPSA) is 51.0 Å². The van der Waals surface area contributed by atoms with E-state index in [2.05, 4.69) is 43.2 Å². The van der Waals surface area contributed by atoms with Crippen molar-refractivity contribution >= 4 is 11.8 Å². The standard InChI is InChI=1S/C12H23N3OS/c1-5-8-17-9-10-14-11(16-15-10)6-7-13-12(2,3)4/h13H,5-9H2,1-4H3. The summed E-state index contributed by atoms with van der Waals surface area (Å²) >= 11 is 1.85. The van der Waals surface area contributed by atoms with Crippen LogP contribution < -0.4 is 5.32 Å². The molecule has 0 aromatic carbocycles. The predicted molar refractivity (Wildman–Crippen MR) is 72.2 cm³/mol. The van der Waals surface area contributed by atoms with Gasteiger partial charge >= 0.3 is 0 Å². The zero-order valence-corrected chi connectivity index (χ0v) is 12.1. The first-order valence-electron chi connectivity index (χ1n) is 6.15. The Labute approximate surface area is 108 Å². The lowest BCUT2D eigenvalue weighted by atomic mass is 10.1. The van der Waals surface area contributed by atoms with Gasteiger partial charge in [-0.15, -0.1) is 0 Å². The fourth-order valence-corrected chi connectivity index (χ4v) is 2.04. The summed E-state index contributed by atoms with van der Waals surface area (Å²) in [7, 11) is 0. The Morgan fingerprint density at radius 3 is 2.76 bits per heavy atom. The van der Waals surface area contributed by atoms with Crippen LogP contribution in [0.4, 0.5) is 0 Å². The molecule has 1 aromatic rings. The number of hydrogen-bond donors (Lipinski definition) is 1. The molecule has 98 valence electrons. The van der Waals surface area contributed by atoms with Crippen molar-refractivity contribution in [2.75, 3.05) is 12.3 Å². The van der Waals surface area contributed by atoms with Crippen LogP contribution in [0.1, 0.15) is 45.8 Å². The Hall–Kier alpha value is -0.550. The highest BCUT2D eigenvalue weighted by molar-refractivity contribution is 7.98. The molecule has 0 saturated heterocycles. The van der Waals surface area contributed by atoms with Gasteiger partial charge in [0.05, 0.1) is 5.75 Å². The van der Waals surface area contributed by atoms with Gasteiger partial charge < -0.3 is 9.84 Å². The largest absolute Gasteiger partial charge is 0.339 e. The molecule has 4 nitrogen and oxygen atoms in total. The summed E-state index contributed by atoms with van der Waals surface area (Å²) in [5, 5.41) is 7.37. The third-order valence-electron chi connectivity index (χ3n) is 2.08. The predicted octanol–water partition coefficient (Wildman–Crippen LogP) is 2.64. The molecule has 1 N–H and O–H groups in total. The maximum Gasteiger partial charge on any atom is 0.227 e. The van der Waals surface area contributed by atoms with Crippen LogP contribution in [0, 0.1) is 0 Å². The lowest BCUT2D eigenvalue weighted by Crippen LogP contribution is -2.37. The smallest absolute Gasteiger partial charge is 0.227 e. The number of nitrogens with zero attached hydrogens (tertiary/aromatic N) is 2. The second-order valence-electron chi connectivity index (χ2n) is 5.08. The summed E-state index contributed by atoms with van der Waals surface area (Å²) in [6.45, 7) is 9.48. The van der Waals surface area contributed by atoms with Gasteiger partial charge in [-0.25, -0.2) is 0 Å². The molecule has 1 rings (SSSR count). The molecule has 1 heterocycles. The Kier molecular flexibility index (Phi) is 5.98. The summed E-state index contributed by atoms with van der Waals surface area (Å²) in [5.41, 5.74) is 0.139. The average molecular weight is 257 g/mol. The number of aromatic nitrogens is 2. The molecule has 0 amide bonds. The van der Waals surface area contributed by atoms with Gasteiger partial charge in [0, 0.05) is 18.5 Å². The van der Waals surface area contributed by atoms with E-state index < -0.39 is 0 Å². The summed E-state index contributed by atoms with van der Waals surface area (Å²) in [6, 6.07) is 0. The normalized spacial score (nSPS) is 12.0. The summed E-state index contributed by atoms with van der Waals surface area (Å²) in [5.74, 6) is 3.54. The second-order valence-corrected chi connectivity index (χ2v) is 6.19. The van der Waals surface area contributed by atoms with E-state index in [0.717, 1.165) is 36.2 Å². The quantitative estimate of drug-likeness (QED) is 0.761. The minimum absolute atomic E-state index is 0.139. The minimum Gasteiger partial charge on any atom is -0.339 e. The highest BCUT2D eigenvalue weighted by Crippen LogP contribution is 2.10. The van der Waals surface area contributed by atoms with Gasteiger partial charge in [-0.3, -0.25) is 0 Å². The van der Waals surface area contributed by atoms with Crippen molar-refractivity contribution < 1.29 is 4.52 Å². The lowest BCUT2D eigenvalue weighted by molar-refractivity contribution is 0.359. The zero-order valence-electron chi connectivity index (χ0n) is 11.2. The van der Waals surface area contributed by atoms with Gasteiger partial charge in [-0.1, -0.05) is 12.1 Å². The maximum atomic E-state index is 5.20. The first kappa shape index (κ1) is 14.5. The highest BCUT2D eigenvalue weighted by atomic mass is 32.2. The van der Waals surface area contributed by atoms with Gasteiger partial charge in [-0.05, 0) is 32.9 Å². The van der Waals surface area contributed by atoms with Crippen molar-refractivity contribution in [1.29, 1.82) is 0 Å². The fraction of sp³-hybridized carbons (Fsp3) is 0.833. The van der Waals surface area contributed by atoms with Crippen molar-refractivity contribution in [1.82, 2.24) is 15.5 Å². The van der Waals surface area contributed by atoms with Crippen molar-refractivity contribution in [3.05, 3.63) is 11.7 Å². The second kappa shape index (κ2) is 7.01. The van der Waals surface area contributed by atoms with Crippen molar-refractivity contribution in [3.63, 3.8) is 0 Å². The molecule has 17 heavy (non-hydrogen) atoms. The molecule has 5 heteroatoms. The Morgan fingerprint density at radius 1 is 1.35 bits per heavy atom. The van der Waals surface area contributed by atoms with Crippen LogP contribution in [0.3, 0.4) is 0 Å². The third kappa shape index (κ3) is 6.68. The molecule has 0 spiro atoms. The van der Waals surface area contributed by atoms with Crippen molar-refractivity contribution in [2.45, 2.75) is 51.8 Å². The monoisotopic (exact) mass is 257 g/mol. The molecule has 0 radical (unpaired) electrons. The summed E-state index contributed by atoms with van der Waals surface area (Å²) in [4.78, 5) is 4.36. The third-order valence-corrected chi connectivity index (χ3v) is 3.24. The fourth-order valence-electron chi connectivity index (χ4n) is 1.30. The first-order chi connectivity index (χ1) is 8.01. The van der Waals surface area contributed by atoms with E-state index in [0.29, 0.717) is 0 Å². The van der Waals surface area contributed by atoms with E-state index in [-0.39, 0.29) is 5.54 Å². The highest BCUT2D eigenvalue weighted by Gasteiger charge is 2.10. The zero-order chi connectivity index (χ0) is 12.7. The van der Waals surface area contributed by atoms with E-state index in [9.17, 15) is 0 Å². The van der Waals surface area contributed by atoms with E-state index in [1.807, 2.05) is 11.8 Å². The molecule has 0 aliphatic heterocycles. The molecule has 0 saturated carbocycles. The molecule has 0 bridgehead atoms. The molecule has 0 aliphatic rings. The first-order valence-corrected chi connectivity index (χ1v) is 7.31. The summed E-state index contributed by atoms with van der Waals surface area (Å²) < 4.78 is 5.20. The van der Waals surface area contributed by atoms with Crippen molar-refractivity contribution in [2.24, 2.45) is 0 Å². The Balaban J connectivity index is 2.26. The lowest BCUT2D eigenvalue weighted by Gasteiger charge is -2.19. The van der Waals surface area contributed by atoms with Gasteiger partial charge in [0.2, 0.25) is 5.89 Å². The Morgan fingerprint density at radius 2 is 2.12 bits per heavy atom. The molecular weight excluding hydrogens is 234 g/mol. The molecule has 0 aliphatic carbocycles. The van der Waals surface area contributed by atoms with E-state index >= 15 is 0 Å². The van der Waals surface area contributed by atoms with Gasteiger partial charge in [0.1, 0.15) is 0 Å². The molecule has 0 fully saturated rings. The SMILES string of the molecule is CCCSCc1noc(CCNC(C)(C)C)n1. The number of rotatable bonds is 7. The molecule has 1 aromatic heterocycles. The van der Waals surface area contributed by atoms with Gasteiger partial charge in [0.25, 0.3) is 0 Å². The number of hydrogen-bond acceptors (Lipinski definition) is 5. The molecular formula is C12H23N3OS. The van der Waals surface area contributed by atoms with Crippen LogP contribution in [0.25, 0.3) is 0 Å². The van der Waals surface area contributed by atoms with Crippen LogP contribution >= 0.6 is 11.8 Å². The summed E-state index contributed by atoms with van der Waals surface area (Å²) in [6.07, 6.45) is 1.98. The van der Waals surface area contributed by atoms with E-state index in [4.69, 9.17) is 4.52 Å². The van der Waals surface area contributed by atoms with Crippen LogP contribution in [0.5, 0.6) is 0 Å². The number of nitrogens with one attached hydrogen (secondary N) is 1. The van der Waals surface area contributed by atoms with Crippen LogP contribution in [-0.4, -0.2) is 28.0 Å². The van der Waals surface area contributed by atoms with Crippen molar-refractivity contribution in [3.8, 4) is 0 Å². The van der Waals surface area contributed by atoms with Crippen LogP contribution in [0.2, 0.25) is 0 Å². The maximum absolute atomic E-state index is 5.20. The van der Waals surface area contributed by atoms with Crippen LogP contribution in [-0.2, 0) is 12.2 Å². The Bertz CT molecular complexity index is 320. The van der Waals surface area contributed by atoms with Gasteiger partial charge in [-0.2, -0.15) is 16.7 Å². The molecule has 0 atom stereocenters. The average Bonchev–Trinajstić information content (AvgIpc) is 2.64. The van der Waals surface area contributed by atoms with E-state index in [1.165, 1.54) is 6.42 Å². The number of thioether (sulfide) groups is 1. The van der Waals surface area contributed by atoms with Gasteiger partial charge in [0.15, 0.2) is 5.82 Å².